The van der Waals surface area contributed by atoms with Crippen molar-refractivity contribution >= 4 is 34.3 Å². The number of halogens is 1. The van der Waals surface area contributed by atoms with E-state index in [1.54, 1.807) is 29.1 Å². The Labute approximate surface area is 198 Å². The summed E-state index contributed by atoms with van der Waals surface area (Å²) in [5.74, 6) is 1.82. The van der Waals surface area contributed by atoms with Crippen molar-refractivity contribution < 1.29 is 4.52 Å². The minimum Gasteiger partial charge on any atom is -0.339 e. The van der Waals surface area contributed by atoms with Crippen LogP contribution in [-0.4, -0.2) is 30.4 Å². The van der Waals surface area contributed by atoms with Crippen molar-refractivity contribution in [3.63, 3.8) is 0 Å². The van der Waals surface area contributed by atoms with E-state index in [1.165, 1.54) is 11.8 Å². The highest BCUT2D eigenvalue weighted by Crippen LogP contribution is 2.26. The first-order chi connectivity index (χ1) is 16.2. The van der Waals surface area contributed by atoms with Crippen LogP contribution in [0.2, 0.25) is 5.02 Å². The summed E-state index contributed by atoms with van der Waals surface area (Å²) in [5.41, 5.74) is 1.99. The van der Waals surface area contributed by atoms with E-state index in [4.69, 9.17) is 21.1 Å². The summed E-state index contributed by atoms with van der Waals surface area (Å²) in [7, 11) is 0. The molecule has 5 aromatic rings. The Kier molecular flexibility index (Phi) is 6.19. The molecule has 2 aromatic carbocycles. The van der Waals surface area contributed by atoms with E-state index in [-0.39, 0.29) is 5.56 Å². The van der Waals surface area contributed by atoms with Gasteiger partial charge in [0.1, 0.15) is 0 Å². The fourth-order valence-corrected chi connectivity index (χ4v) is 4.58. The van der Waals surface area contributed by atoms with Gasteiger partial charge in [-0.15, -0.1) is 0 Å². The van der Waals surface area contributed by atoms with Gasteiger partial charge in [0.15, 0.2) is 5.16 Å². The molecule has 0 saturated heterocycles. The third-order valence-electron chi connectivity index (χ3n) is 5.01. The molecule has 0 radical (unpaired) electrons. The number of benzene rings is 2. The van der Waals surface area contributed by atoms with Crippen LogP contribution in [-0.2, 0) is 6.42 Å². The molecule has 0 aliphatic rings. The van der Waals surface area contributed by atoms with Gasteiger partial charge in [0.25, 0.3) is 5.56 Å². The molecule has 0 amide bonds. The molecule has 0 aliphatic carbocycles. The molecule has 0 atom stereocenters. The molecule has 0 unspecified atom stereocenters. The van der Waals surface area contributed by atoms with Crippen LogP contribution >= 0.6 is 23.4 Å². The molecule has 33 heavy (non-hydrogen) atoms. The summed E-state index contributed by atoms with van der Waals surface area (Å²) in [5, 5.41) is 5.68. The van der Waals surface area contributed by atoms with Crippen LogP contribution in [0.1, 0.15) is 12.3 Å². The van der Waals surface area contributed by atoms with Crippen molar-refractivity contribution in [1.82, 2.24) is 24.7 Å². The molecule has 0 bridgehead atoms. The van der Waals surface area contributed by atoms with Gasteiger partial charge in [0.05, 0.1) is 21.6 Å². The predicted octanol–water partition coefficient (Wildman–Crippen LogP) is 5.21. The van der Waals surface area contributed by atoms with E-state index in [9.17, 15) is 4.79 Å². The first kappa shape index (κ1) is 21.4. The highest BCUT2D eigenvalue weighted by Gasteiger charge is 2.15. The van der Waals surface area contributed by atoms with Crippen molar-refractivity contribution in [3.8, 4) is 17.1 Å². The van der Waals surface area contributed by atoms with E-state index in [1.807, 2.05) is 48.5 Å². The molecule has 164 valence electrons. The SMILES string of the molecule is O=c1c2ccccc2nc(SCCCc2nc(-c3ccncc3)no2)n1-c1ccccc1Cl. The molecule has 5 rings (SSSR count). The van der Waals surface area contributed by atoms with Gasteiger partial charge in [-0.25, -0.2) is 4.98 Å². The van der Waals surface area contributed by atoms with Crippen molar-refractivity contribution in [3.05, 3.63) is 94.3 Å². The summed E-state index contributed by atoms with van der Waals surface area (Å²) in [6.45, 7) is 0. The molecule has 0 aliphatic heterocycles. The lowest BCUT2D eigenvalue weighted by Crippen LogP contribution is -2.22. The largest absolute Gasteiger partial charge is 0.339 e. The third kappa shape index (κ3) is 4.53. The van der Waals surface area contributed by atoms with E-state index in [0.717, 1.165) is 12.0 Å². The van der Waals surface area contributed by atoms with E-state index < -0.39 is 0 Å². The quantitative estimate of drug-likeness (QED) is 0.181. The Morgan fingerprint density at radius 1 is 0.970 bits per heavy atom. The smallest absolute Gasteiger partial charge is 0.266 e. The summed E-state index contributed by atoms with van der Waals surface area (Å²) in [4.78, 5) is 26.5. The number of rotatable bonds is 7. The lowest BCUT2D eigenvalue weighted by atomic mass is 10.2. The third-order valence-corrected chi connectivity index (χ3v) is 6.36. The van der Waals surface area contributed by atoms with Crippen LogP contribution in [0.3, 0.4) is 0 Å². The molecular weight excluding hydrogens is 458 g/mol. The average Bonchev–Trinajstić information content (AvgIpc) is 3.32. The number of hydrogen-bond donors (Lipinski definition) is 0. The highest BCUT2D eigenvalue weighted by atomic mass is 35.5. The number of fused-ring (bicyclic) bond motifs is 1. The van der Waals surface area contributed by atoms with Gasteiger partial charge in [-0.1, -0.05) is 52.8 Å². The van der Waals surface area contributed by atoms with Crippen LogP contribution < -0.4 is 5.56 Å². The zero-order valence-corrected chi connectivity index (χ0v) is 19.0. The fraction of sp³-hybridized carbons (Fsp3) is 0.125. The first-order valence-corrected chi connectivity index (χ1v) is 11.7. The van der Waals surface area contributed by atoms with Crippen LogP contribution in [0.25, 0.3) is 28.0 Å². The van der Waals surface area contributed by atoms with Gasteiger partial charge in [-0.05, 0) is 42.8 Å². The monoisotopic (exact) mass is 475 g/mol. The van der Waals surface area contributed by atoms with Gasteiger partial charge in [-0.2, -0.15) is 4.98 Å². The van der Waals surface area contributed by atoms with Crippen LogP contribution in [0, 0.1) is 0 Å². The van der Waals surface area contributed by atoms with Gasteiger partial charge in [0, 0.05) is 30.1 Å². The molecule has 3 aromatic heterocycles. The van der Waals surface area contributed by atoms with E-state index in [0.29, 0.717) is 50.7 Å². The summed E-state index contributed by atoms with van der Waals surface area (Å²) in [6.07, 6.45) is 4.77. The second kappa shape index (κ2) is 9.56. The lowest BCUT2D eigenvalue weighted by Gasteiger charge is -2.14. The number of thioether (sulfide) groups is 1. The normalized spacial score (nSPS) is 11.2. The van der Waals surface area contributed by atoms with Crippen molar-refractivity contribution in [2.75, 3.05) is 5.75 Å². The Morgan fingerprint density at radius 3 is 2.61 bits per heavy atom. The summed E-state index contributed by atoms with van der Waals surface area (Å²) in [6, 6.07) is 18.3. The Bertz CT molecular complexity index is 1470. The van der Waals surface area contributed by atoms with Gasteiger partial charge in [0.2, 0.25) is 11.7 Å². The Morgan fingerprint density at radius 2 is 1.76 bits per heavy atom. The Balaban J connectivity index is 1.36. The predicted molar refractivity (Wildman–Crippen MR) is 129 cm³/mol. The maximum absolute atomic E-state index is 13.3. The lowest BCUT2D eigenvalue weighted by molar-refractivity contribution is 0.378. The molecular formula is C24H18ClN5O2S. The van der Waals surface area contributed by atoms with Gasteiger partial charge >= 0.3 is 0 Å². The molecule has 3 heterocycles. The number of para-hydroxylation sites is 2. The molecule has 0 spiro atoms. The molecule has 0 N–H and O–H groups in total. The van der Waals surface area contributed by atoms with Crippen LogP contribution in [0.4, 0.5) is 0 Å². The molecule has 9 heteroatoms. The van der Waals surface area contributed by atoms with E-state index in [2.05, 4.69) is 15.1 Å². The topological polar surface area (TPSA) is 86.7 Å². The number of hydrogen-bond acceptors (Lipinski definition) is 7. The zero-order valence-electron chi connectivity index (χ0n) is 17.4. The summed E-state index contributed by atoms with van der Waals surface area (Å²) < 4.78 is 6.96. The second-order valence-electron chi connectivity index (χ2n) is 7.20. The number of aromatic nitrogens is 5. The number of aryl methyl sites for hydroxylation is 1. The van der Waals surface area contributed by atoms with Crippen LogP contribution in [0.5, 0.6) is 0 Å². The first-order valence-electron chi connectivity index (χ1n) is 10.3. The standard InChI is InChI=1S/C24H18ClN5O2S/c25-18-7-2-4-9-20(18)30-23(31)17-6-1-3-8-19(17)27-24(30)33-15-5-10-21-28-22(29-32-21)16-11-13-26-14-12-16/h1-4,6-9,11-14H,5,10,15H2. The number of pyridine rings is 1. The minimum absolute atomic E-state index is 0.143. The maximum atomic E-state index is 13.3. The molecule has 0 fully saturated rings. The number of nitrogens with zero attached hydrogens (tertiary/aromatic N) is 5. The Hall–Kier alpha value is -3.49. The average molecular weight is 476 g/mol. The van der Waals surface area contributed by atoms with Crippen molar-refractivity contribution in [1.29, 1.82) is 0 Å². The fourth-order valence-electron chi connectivity index (χ4n) is 3.42. The van der Waals surface area contributed by atoms with Gasteiger partial charge in [-0.3, -0.25) is 14.3 Å². The maximum Gasteiger partial charge on any atom is 0.266 e. The van der Waals surface area contributed by atoms with Crippen molar-refractivity contribution in [2.24, 2.45) is 0 Å². The van der Waals surface area contributed by atoms with Crippen LogP contribution in [0.15, 0.2) is 87.5 Å². The zero-order chi connectivity index (χ0) is 22.6. The summed E-state index contributed by atoms with van der Waals surface area (Å²) >= 11 is 7.92. The van der Waals surface area contributed by atoms with Gasteiger partial charge < -0.3 is 4.52 Å². The molecule has 7 nitrogen and oxygen atoms in total. The van der Waals surface area contributed by atoms with Crippen molar-refractivity contribution in [2.45, 2.75) is 18.0 Å². The minimum atomic E-state index is -0.143. The van der Waals surface area contributed by atoms with E-state index >= 15 is 0 Å². The highest BCUT2D eigenvalue weighted by molar-refractivity contribution is 7.99. The molecule has 0 saturated carbocycles. The second-order valence-corrected chi connectivity index (χ2v) is 8.67.